The molecule has 0 bridgehead atoms. The summed E-state index contributed by atoms with van der Waals surface area (Å²) in [5.41, 5.74) is 3.36. The first-order valence-corrected chi connectivity index (χ1v) is 6.12. The van der Waals surface area contributed by atoms with Crippen molar-refractivity contribution in [3.05, 3.63) is 29.3 Å². The largest absolute Gasteiger partial charge is 0.383 e. The van der Waals surface area contributed by atoms with E-state index in [2.05, 4.69) is 23.6 Å². The number of nitrogens with one attached hydrogen (secondary N) is 2. The lowest BCUT2D eigenvalue weighted by atomic mass is 10.1. The third-order valence-corrected chi connectivity index (χ3v) is 2.65. The summed E-state index contributed by atoms with van der Waals surface area (Å²) in [6.07, 6.45) is 0. The molecule has 0 saturated carbocycles. The maximum atomic E-state index is 11.7. The van der Waals surface area contributed by atoms with Crippen molar-refractivity contribution < 1.29 is 9.53 Å². The summed E-state index contributed by atoms with van der Waals surface area (Å²) >= 11 is 0. The topological polar surface area (TPSA) is 50.4 Å². The second kappa shape index (κ2) is 7.01. The van der Waals surface area contributed by atoms with E-state index in [-0.39, 0.29) is 18.5 Å². The molecule has 1 aromatic carbocycles. The van der Waals surface area contributed by atoms with Crippen molar-refractivity contribution in [2.45, 2.75) is 26.8 Å². The molecule has 0 spiro atoms. The van der Waals surface area contributed by atoms with Crippen LogP contribution in [0.25, 0.3) is 0 Å². The number of hydrogen-bond acceptors (Lipinski definition) is 3. The number of hydrogen-bond donors (Lipinski definition) is 2. The molecule has 4 heteroatoms. The molecule has 1 atom stereocenters. The minimum absolute atomic E-state index is 0.0282. The average molecular weight is 250 g/mol. The third-order valence-electron chi connectivity index (χ3n) is 2.65. The number of carbonyl (C=O) groups is 1. The van der Waals surface area contributed by atoms with Crippen LogP contribution in [0.3, 0.4) is 0 Å². The van der Waals surface area contributed by atoms with Gasteiger partial charge in [-0.25, -0.2) is 0 Å². The molecule has 2 N–H and O–H groups in total. The molecule has 0 aromatic heterocycles. The molecule has 0 aliphatic rings. The van der Waals surface area contributed by atoms with Crippen molar-refractivity contribution in [2.75, 3.05) is 25.6 Å². The van der Waals surface area contributed by atoms with Gasteiger partial charge in [0.15, 0.2) is 0 Å². The lowest BCUT2D eigenvalue weighted by molar-refractivity contribution is -0.120. The van der Waals surface area contributed by atoms with Gasteiger partial charge in [0.1, 0.15) is 0 Å². The fourth-order valence-electron chi connectivity index (χ4n) is 1.80. The number of carbonyl (C=O) groups excluding carboxylic acids is 1. The van der Waals surface area contributed by atoms with E-state index >= 15 is 0 Å². The summed E-state index contributed by atoms with van der Waals surface area (Å²) in [7, 11) is 1.62. The van der Waals surface area contributed by atoms with Gasteiger partial charge < -0.3 is 15.4 Å². The molecule has 100 valence electrons. The first kappa shape index (κ1) is 14.5. The van der Waals surface area contributed by atoms with Crippen LogP contribution in [0.4, 0.5) is 5.69 Å². The molecule has 4 nitrogen and oxygen atoms in total. The van der Waals surface area contributed by atoms with E-state index in [4.69, 9.17) is 4.74 Å². The van der Waals surface area contributed by atoms with Gasteiger partial charge in [-0.1, -0.05) is 17.7 Å². The van der Waals surface area contributed by atoms with Gasteiger partial charge in [0.05, 0.1) is 13.2 Å². The van der Waals surface area contributed by atoms with Crippen molar-refractivity contribution in [1.82, 2.24) is 5.32 Å². The summed E-state index contributed by atoms with van der Waals surface area (Å²) in [6.45, 7) is 6.79. The highest BCUT2D eigenvalue weighted by Crippen LogP contribution is 2.15. The van der Waals surface area contributed by atoms with Crippen LogP contribution >= 0.6 is 0 Å². The van der Waals surface area contributed by atoms with E-state index in [1.807, 2.05) is 26.0 Å². The minimum Gasteiger partial charge on any atom is -0.383 e. The van der Waals surface area contributed by atoms with Crippen molar-refractivity contribution in [1.29, 1.82) is 0 Å². The number of amides is 1. The van der Waals surface area contributed by atoms with Crippen LogP contribution in [0.2, 0.25) is 0 Å². The van der Waals surface area contributed by atoms with Crippen molar-refractivity contribution in [3.8, 4) is 0 Å². The second-order valence-corrected chi connectivity index (χ2v) is 4.60. The van der Waals surface area contributed by atoms with E-state index in [0.717, 1.165) is 11.3 Å². The van der Waals surface area contributed by atoms with Crippen LogP contribution in [0, 0.1) is 13.8 Å². The molecule has 1 amide bonds. The predicted molar refractivity (Wildman–Crippen MR) is 73.9 cm³/mol. The molecule has 1 unspecified atom stereocenters. The second-order valence-electron chi connectivity index (χ2n) is 4.60. The molecule has 0 fully saturated rings. The highest BCUT2D eigenvalue weighted by atomic mass is 16.5. The summed E-state index contributed by atoms with van der Waals surface area (Å²) in [5.74, 6) is -0.0282. The Morgan fingerprint density at radius 2 is 2.11 bits per heavy atom. The summed E-state index contributed by atoms with van der Waals surface area (Å²) in [4.78, 5) is 11.7. The highest BCUT2D eigenvalue weighted by molar-refractivity contribution is 5.81. The van der Waals surface area contributed by atoms with E-state index in [9.17, 15) is 4.79 Å². The zero-order valence-electron chi connectivity index (χ0n) is 11.5. The fraction of sp³-hybridized carbons (Fsp3) is 0.500. The summed E-state index contributed by atoms with van der Waals surface area (Å²) < 4.78 is 4.96. The van der Waals surface area contributed by atoms with Crippen LogP contribution in [0.1, 0.15) is 18.1 Å². The molecule has 0 heterocycles. The predicted octanol–water partition coefficient (Wildman–Crippen LogP) is 1.87. The molecule has 18 heavy (non-hydrogen) atoms. The smallest absolute Gasteiger partial charge is 0.239 e. The Hall–Kier alpha value is -1.55. The Labute approximate surface area is 109 Å². The maximum Gasteiger partial charge on any atom is 0.239 e. The lowest BCUT2D eigenvalue weighted by Gasteiger charge is -2.14. The zero-order valence-corrected chi connectivity index (χ0v) is 11.5. The highest BCUT2D eigenvalue weighted by Gasteiger charge is 2.07. The van der Waals surface area contributed by atoms with Crippen LogP contribution in [-0.2, 0) is 9.53 Å². The Morgan fingerprint density at radius 1 is 1.39 bits per heavy atom. The van der Waals surface area contributed by atoms with Crippen LogP contribution in [-0.4, -0.2) is 32.2 Å². The van der Waals surface area contributed by atoms with Crippen LogP contribution in [0.15, 0.2) is 18.2 Å². The summed E-state index contributed by atoms with van der Waals surface area (Å²) in [5, 5.41) is 5.99. The number of benzene rings is 1. The maximum absolute atomic E-state index is 11.7. The monoisotopic (exact) mass is 250 g/mol. The number of ether oxygens (including phenoxy) is 1. The van der Waals surface area contributed by atoms with Crippen LogP contribution < -0.4 is 10.6 Å². The van der Waals surface area contributed by atoms with Gasteiger partial charge in [0.2, 0.25) is 5.91 Å². The van der Waals surface area contributed by atoms with Gasteiger partial charge in [-0.05, 0) is 32.4 Å². The first-order chi connectivity index (χ1) is 8.52. The quantitative estimate of drug-likeness (QED) is 0.810. The normalized spacial score (nSPS) is 12.0. The first-order valence-electron chi connectivity index (χ1n) is 6.12. The fourth-order valence-corrected chi connectivity index (χ4v) is 1.80. The molecular formula is C14H22N2O2. The number of aryl methyl sites for hydroxylation is 2. The van der Waals surface area contributed by atoms with Gasteiger partial charge in [-0.15, -0.1) is 0 Å². The van der Waals surface area contributed by atoms with Gasteiger partial charge in [0.25, 0.3) is 0 Å². The standard InChI is InChI=1S/C14H22N2O2/c1-10-5-6-13(11(2)7-10)15-8-14(17)16-12(3)9-18-4/h5-7,12,15H,8-9H2,1-4H3,(H,16,17). The zero-order chi connectivity index (χ0) is 13.5. The van der Waals surface area contributed by atoms with Crippen molar-refractivity contribution >= 4 is 11.6 Å². The molecule has 1 aromatic rings. The molecule has 0 aliphatic carbocycles. The van der Waals surface area contributed by atoms with E-state index in [1.54, 1.807) is 7.11 Å². The Bertz CT molecular complexity index is 405. The van der Waals surface area contributed by atoms with E-state index in [1.165, 1.54) is 5.56 Å². The molecule has 0 saturated heterocycles. The van der Waals surface area contributed by atoms with Gasteiger partial charge in [0, 0.05) is 18.8 Å². The summed E-state index contributed by atoms with van der Waals surface area (Å²) in [6, 6.07) is 6.15. The molecule has 1 rings (SSSR count). The average Bonchev–Trinajstić information content (AvgIpc) is 2.28. The van der Waals surface area contributed by atoms with Gasteiger partial charge in [-0.3, -0.25) is 4.79 Å². The molecular weight excluding hydrogens is 228 g/mol. The number of methoxy groups -OCH3 is 1. The lowest BCUT2D eigenvalue weighted by Crippen LogP contribution is -2.39. The third kappa shape index (κ3) is 4.75. The molecule has 0 aliphatic heterocycles. The number of rotatable bonds is 6. The van der Waals surface area contributed by atoms with Gasteiger partial charge in [-0.2, -0.15) is 0 Å². The molecule has 0 radical (unpaired) electrons. The van der Waals surface area contributed by atoms with Crippen LogP contribution in [0.5, 0.6) is 0 Å². The Balaban J connectivity index is 2.42. The van der Waals surface area contributed by atoms with E-state index in [0.29, 0.717) is 6.61 Å². The van der Waals surface area contributed by atoms with Gasteiger partial charge >= 0.3 is 0 Å². The SMILES string of the molecule is COCC(C)NC(=O)CNc1ccc(C)cc1C. The number of anilines is 1. The van der Waals surface area contributed by atoms with Crippen molar-refractivity contribution in [3.63, 3.8) is 0 Å². The Morgan fingerprint density at radius 3 is 2.72 bits per heavy atom. The Kier molecular flexibility index (Phi) is 5.65. The van der Waals surface area contributed by atoms with Crippen molar-refractivity contribution in [2.24, 2.45) is 0 Å². The minimum atomic E-state index is -0.0282. The van der Waals surface area contributed by atoms with E-state index < -0.39 is 0 Å².